The highest BCUT2D eigenvalue weighted by Crippen LogP contribution is 2.40. The molecule has 0 aromatic heterocycles. The number of benzene rings is 1. The van der Waals surface area contributed by atoms with Gasteiger partial charge in [-0.05, 0) is 38.5 Å². The number of aliphatic hydroxyl groups is 1. The third-order valence-corrected chi connectivity index (χ3v) is 2.26. The Labute approximate surface area is 101 Å². The summed E-state index contributed by atoms with van der Waals surface area (Å²) in [6.45, 7) is 6.30. The molecule has 0 saturated heterocycles. The summed E-state index contributed by atoms with van der Waals surface area (Å²) in [7, 11) is 0. The van der Waals surface area contributed by atoms with E-state index in [-0.39, 0.29) is 0 Å². The van der Waals surface area contributed by atoms with E-state index in [0.717, 1.165) is 0 Å². The Hall–Kier alpha value is -1.62. The molecule has 0 aliphatic rings. The maximum Gasteiger partial charge on any atom is 0.169 e. The second-order valence-electron chi connectivity index (χ2n) is 3.52. The molecule has 1 aromatic carbocycles. The van der Waals surface area contributed by atoms with E-state index in [1.807, 2.05) is 13.8 Å². The SMILES string of the molecule is CCOc1cc(C(C)O)cc(OCC)c1N=N. The van der Waals surface area contributed by atoms with Crippen molar-refractivity contribution in [3.8, 4) is 11.5 Å². The van der Waals surface area contributed by atoms with Crippen LogP contribution in [0.2, 0.25) is 0 Å². The minimum atomic E-state index is -0.617. The van der Waals surface area contributed by atoms with E-state index in [9.17, 15) is 5.11 Å². The quantitative estimate of drug-likeness (QED) is 0.747. The van der Waals surface area contributed by atoms with Crippen LogP contribution in [-0.2, 0) is 0 Å². The van der Waals surface area contributed by atoms with E-state index in [0.29, 0.717) is 36.0 Å². The lowest BCUT2D eigenvalue weighted by molar-refractivity contribution is 0.198. The second kappa shape index (κ2) is 6.20. The summed E-state index contributed by atoms with van der Waals surface area (Å²) in [6, 6.07) is 3.37. The monoisotopic (exact) mass is 238 g/mol. The van der Waals surface area contributed by atoms with Gasteiger partial charge in [-0.1, -0.05) is 0 Å². The van der Waals surface area contributed by atoms with Crippen molar-refractivity contribution in [2.75, 3.05) is 13.2 Å². The molecule has 0 spiro atoms. The maximum absolute atomic E-state index is 9.58. The van der Waals surface area contributed by atoms with Crippen LogP contribution in [0.1, 0.15) is 32.4 Å². The molecule has 0 saturated carbocycles. The number of hydrogen-bond donors (Lipinski definition) is 2. The first-order valence-electron chi connectivity index (χ1n) is 5.63. The Morgan fingerprint density at radius 1 is 1.24 bits per heavy atom. The van der Waals surface area contributed by atoms with Crippen LogP contribution < -0.4 is 9.47 Å². The zero-order chi connectivity index (χ0) is 12.8. The summed E-state index contributed by atoms with van der Waals surface area (Å²) in [6.07, 6.45) is -0.617. The fourth-order valence-corrected chi connectivity index (χ4v) is 1.49. The van der Waals surface area contributed by atoms with Crippen LogP contribution in [0.4, 0.5) is 5.69 Å². The molecule has 17 heavy (non-hydrogen) atoms. The van der Waals surface area contributed by atoms with Crippen molar-refractivity contribution < 1.29 is 14.6 Å². The van der Waals surface area contributed by atoms with Crippen molar-refractivity contribution in [1.82, 2.24) is 0 Å². The van der Waals surface area contributed by atoms with Crippen molar-refractivity contribution in [2.45, 2.75) is 26.9 Å². The highest BCUT2D eigenvalue weighted by atomic mass is 16.5. The van der Waals surface area contributed by atoms with Gasteiger partial charge in [0.05, 0.1) is 19.3 Å². The number of hydrogen-bond acceptors (Lipinski definition) is 5. The fraction of sp³-hybridized carbons (Fsp3) is 0.500. The molecular formula is C12H18N2O3. The van der Waals surface area contributed by atoms with Crippen LogP contribution in [0.25, 0.3) is 0 Å². The van der Waals surface area contributed by atoms with E-state index in [2.05, 4.69) is 5.11 Å². The molecule has 0 fully saturated rings. The normalized spacial score (nSPS) is 12.0. The lowest BCUT2D eigenvalue weighted by Crippen LogP contribution is -2.00. The summed E-state index contributed by atoms with van der Waals surface area (Å²) < 4.78 is 10.8. The van der Waals surface area contributed by atoms with Crippen LogP contribution in [0, 0.1) is 5.53 Å². The predicted molar refractivity (Wildman–Crippen MR) is 64.2 cm³/mol. The molecule has 0 bridgehead atoms. The molecule has 0 aliphatic heterocycles. The Balaban J connectivity index is 3.28. The number of ether oxygens (including phenoxy) is 2. The van der Waals surface area contributed by atoms with Gasteiger partial charge in [-0.15, -0.1) is 0 Å². The minimum Gasteiger partial charge on any atom is -0.491 e. The highest BCUT2D eigenvalue weighted by Gasteiger charge is 2.15. The zero-order valence-corrected chi connectivity index (χ0v) is 10.4. The summed E-state index contributed by atoms with van der Waals surface area (Å²) in [5.41, 5.74) is 8.21. The van der Waals surface area contributed by atoms with Gasteiger partial charge in [-0.3, -0.25) is 0 Å². The van der Waals surface area contributed by atoms with E-state index < -0.39 is 6.10 Å². The standard InChI is InChI=1S/C12H18N2O3/c1-4-16-10-6-9(8(3)15)7-11(17-5-2)12(10)14-13/h6-8,13,15H,4-5H2,1-3H3. The molecule has 0 aliphatic carbocycles. The summed E-state index contributed by atoms with van der Waals surface area (Å²) in [5.74, 6) is 0.925. The fourth-order valence-electron chi connectivity index (χ4n) is 1.49. The van der Waals surface area contributed by atoms with Gasteiger partial charge in [0.1, 0.15) is 0 Å². The lowest BCUT2D eigenvalue weighted by Gasteiger charge is -2.14. The Morgan fingerprint density at radius 3 is 2.00 bits per heavy atom. The van der Waals surface area contributed by atoms with Gasteiger partial charge < -0.3 is 14.6 Å². The maximum atomic E-state index is 9.58. The second-order valence-corrected chi connectivity index (χ2v) is 3.52. The third-order valence-electron chi connectivity index (χ3n) is 2.26. The molecule has 5 heteroatoms. The molecule has 0 heterocycles. The molecule has 5 nitrogen and oxygen atoms in total. The van der Waals surface area contributed by atoms with Gasteiger partial charge in [0, 0.05) is 0 Å². The van der Waals surface area contributed by atoms with Crippen LogP contribution in [0.3, 0.4) is 0 Å². The average molecular weight is 238 g/mol. The Morgan fingerprint density at radius 2 is 1.71 bits per heavy atom. The minimum absolute atomic E-state index is 0.359. The van der Waals surface area contributed by atoms with Gasteiger partial charge in [0.15, 0.2) is 17.2 Å². The molecule has 0 radical (unpaired) electrons. The largest absolute Gasteiger partial charge is 0.491 e. The first-order chi connectivity index (χ1) is 8.13. The average Bonchev–Trinajstić information content (AvgIpc) is 2.29. The van der Waals surface area contributed by atoms with Crippen molar-refractivity contribution in [3.63, 3.8) is 0 Å². The molecule has 1 atom stereocenters. The van der Waals surface area contributed by atoms with Crippen LogP contribution >= 0.6 is 0 Å². The topological polar surface area (TPSA) is 74.9 Å². The first kappa shape index (κ1) is 13.4. The van der Waals surface area contributed by atoms with Crippen molar-refractivity contribution >= 4 is 5.69 Å². The lowest BCUT2D eigenvalue weighted by atomic mass is 10.1. The van der Waals surface area contributed by atoms with Crippen LogP contribution in [0.15, 0.2) is 17.2 Å². The number of aliphatic hydroxyl groups excluding tert-OH is 1. The summed E-state index contributed by atoms with van der Waals surface area (Å²) in [5, 5.41) is 13.0. The summed E-state index contributed by atoms with van der Waals surface area (Å²) >= 11 is 0. The molecule has 1 aromatic rings. The van der Waals surface area contributed by atoms with E-state index in [1.54, 1.807) is 19.1 Å². The van der Waals surface area contributed by atoms with Gasteiger partial charge in [0.2, 0.25) is 0 Å². The smallest absolute Gasteiger partial charge is 0.169 e. The Bertz CT molecular complexity index is 364. The molecule has 2 N–H and O–H groups in total. The molecule has 94 valence electrons. The zero-order valence-electron chi connectivity index (χ0n) is 10.4. The van der Waals surface area contributed by atoms with E-state index >= 15 is 0 Å². The first-order valence-corrected chi connectivity index (χ1v) is 5.63. The van der Waals surface area contributed by atoms with Gasteiger partial charge in [-0.2, -0.15) is 5.11 Å². The highest BCUT2D eigenvalue weighted by molar-refractivity contribution is 5.63. The van der Waals surface area contributed by atoms with Crippen molar-refractivity contribution in [1.29, 1.82) is 5.53 Å². The van der Waals surface area contributed by atoms with Crippen molar-refractivity contribution in [3.05, 3.63) is 17.7 Å². The molecular weight excluding hydrogens is 220 g/mol. The van der Waals surface area contributed by atoms with Crippen LogP contribution in [-0.4, -0.2) is 18.3 Å². The van der Waals surface area contributed by atoms with E-state index in [1.165, 1.54) is 0 Å². The number of rotatable bonds is 6. The Kier molecular flexibility index (Phi) is 4.90. The number of nitrogens with zero attached hydrogens (tertiary/aromatic N) is 1. The van der Waals surface area contributed by atoms with Gasteiger partial charge in [-0.25, -0.2) is 5.53 Å². The molecule has 1 unspecified atom stereocenters. The van der Waals surface area contributed by atoms with Gasteiger partial charge in [0.25, 0.3) is 0 Å². The number of nitrogens with one attached hydrogen (secondary N) is 1. The van der Waals surface area contributed by atoms with E-state index in [4.69, 9.17) is 15.0 Å². The van der Waals surface area contributed by atoms with Gasteiger partial charge >= 0.3 is 0 Å². The summed E-state index contributed by atoms with van der Waals surface area (Å²) in [4.78, 5) is 0. The third kappa shape index (κ3) is 3.17. The van der Waals surface area contributed by atoms with Crippen molar-refractivity contribution in [2.24, 2.45) is 5.11 Å². The molecule has 0 amide bonds. The van der Waals surface area contributed by atoms with Crippen LogP contribution in [0.5, 0.6) is 11.5 Å². The molecule has 1 rings (SSSR count). The predicted octanol–water partition coefficient (Wildman–Crippen LogP) is 3.20.